The van der Waals surface area contributed by atoms with Gasteiger partial charge in [-0.3, -0.25) is 19.5 Å². The van der Waals surface area contributed by atoms with Crippen molar-refractivity contribution in [3.63, 3.8) is 0 Å². The Morgan fingerprint density at radius 3 is 2.04 bits per heavy atom. The highest BCUT2D eigenvalue weighted by Crippen LogP contribution is 2.19. The van der Waals surface area contributed by atoms with E-state index in [2.05, 4.69) is 56.2 Å². The fraction of sp³-hybridized carbons (Fsp3) is 0.950. The maximum Gasteiger partial charge on any atom is 0.237 e. The van der Waals surface area contributed by atoms with E-state index in [1.807, 2.05) is 4.90 Å². The van der Waals surface area contributed by atoms with Gasteiger partial charge in [0.1, 0.15) is 6.23 Å². The molecule has 2 heterocycles. The molecule has 3 unspecified atom stereocenters. The fourth-order valence-corrected chi connectivity index (χ4v) is 4.24. The van der Waals surface area contributed by atoms with E-state index in [1.165, 1.54) is 0 Å². The second-order valence-electron chi connectivity index (χ2n) is 8.73. The molecule has 0 bridgehead atoms. The molecule has 6 heteroatoms. The topological polar surface area (TPSA) is 50.3 Å². The van der Waals surface area contributed by atoms with Crippen molar-refractivity contribution >= 4 is 5.91 Å². The molecule has 152 valence electrons. The van der Waals surface area contributed by atoms with Crippen LogP contribution in [0.15, 0.2) is 0 Å². The SMILES string of the molecule is CC(C)N1CCN(C(C)CCC(C)N2CCN(C(C)C)C(=O)C2)C(O)C1. The summed E-state index contributed by atoms with van der Waals surface area (Å²) in [6, 6.07) is 1.56. The van der Waals surface area contributed by atoms with E-state index < -0.39 is 0 Å². The van der Waals surface area contributed by atoms with Gasteiger partial charge in [0.05, 0.1) is 6.54 Å². The maximum absolute atomic E-state index is 12.3. The Morgan fingerprint density at radius 2 is 1.50 bits per heavy atom. The summed E-state index contributed by atoms with van der Waals surface area (Å²) >= 11 is 0. The van der Waals surface area contributed by atoms with Crippen LogP contribution < -0.4 is 0 Å². The van der Waals surface area contributed by atoms with Gasteiger partial charge in [0, 0.05) is 56.9 Å². The predicted octanol–water partition coefficient (Wildman–Crippen LogP) is 1.44. The van der Waals surface area contributed by atoms with Crippen molar-refractivity contribution < 1.29 is 9.90 Å². The Hall–Kier alpha value is -0.690. The van der Waals surface area contributed by atoms with Gasteiger partial charge >= 0.3 is 0 Å². The number of rotatable bonds is 7. The van der Waals surface area contributed by atoms with Crippen molar-refractivity contribution in [2.75, 3.05) is 39.3 Å². The molecule has 1 N–H and O–H groups in total. The van der Waals surface area contributed by atoms with Gasteiger partial charge in [-0.05, 0) is 54.4 Å². The Balaban J connectivity index is 1.77. The third kappa shape index (κ3) is 5.41. The minimum Gasteiger partial charge on any atom is -0.377 e. The van der Waals surface area contributed by atoms with Crippen molar-refractivity contribution in [3.05, 3.63) is 0 Å². The number of piperazine rings is 2. The van der Waals surface area contributed by atoms with Crippen molar-refractivity contribution in [1.29, 1.82) is 0 Å². The molecule has 26 heavy (non-hydrogen) atoms. The van der Waals surface area contributed by atoms with Crippen molar-refractivity contribution in [2.24, 2.45) is 0 Å². The number of nitrogens with zero attached hydrogens (tertiary/aromatic N) is 4. The lowest BCUT2D eigenvalue weighted by Crippen LogP contribution is -2.57. The lowest BCUT2D eigenvalue weighted by atomic mass is 10.0. The monoisotopic (exact) mass is 368 g/mol. The Morgan fingerprint density at radius 1 is 0.885 bits per heavy atom. The van der Waals surface area contributed by atoms with E-state index in [-0.39, 0.29) is 12.1 Å². The van der Waals surface area contributed by atoms with Crippen LogP contribution in [0.4, 0.5) is 0 Å². The van der Waals surface area contributed by atoms with Gasteiger partial charge in [0.15, 0.2) is 0 Å². The average molecular weight is 369 g/mol. The summed E-state index contributed by atoms with van der Waals surface area (Å²) in [5.74, 6) is 0.256. The normalized spacial score (nSPS) is 26.7. The lowest BCUT2D eigenvalue weighted by molar-refractivity contribution is -0.139. The van der Waals surface area contributed by atoms with Crippen LogP contribution in [0.5, 0.6) is 0 Å². The predicted molar refractivity (Wildman–Crippen MR) is 106 cm³/mol. The van der Waals surface area contributed by atoms with Gasteiger partial charge in [-0.1, -0.05) is 0 Å². The number of aliphatic hydroxyl groups excluding tert-OH is 1. The van der Waals surface area contributed by atoms with Gasteiger partial charge in [0.2, 0.25) is 5.91 Å². The first-order valence-electron chi connectivity index (χ1n) is 10.4. The lowest BCUT2D eigenvalue weighted by Gasteiger charge is -2.44. The molecule has 2 saturated heterocycles. The van der Waals surface area contributed by atoms with E-state index in [1.54, 1.807) is 0 Å². The fourth-order valence-electron chi connectivity index (χ4n) is 4.24. The summed E-state index contributed by atoms with van der Waals surface area (Å²) in [7, 11) is 0. The van der Waals surface area contributed by atoms with E-state index in [0.717, 1.165) is 45.6 Å². The van der Waals surface area contributed by atoms with Crippen molar-refractivity contribution in [3.8, 4) is 0 Å². The van der Waals surface area contributed by atoms with Crippen LogP contribution in [0, 0.1) is 0 Å². The molecule has 0 aromatic rings. The molecule has 0 aromatic carbocycles. The summed E-state index contributed by atoms with van der Waals surface area (Å²) in [6.07, 6.45) is 1.75. The maximum atomic E-state index is 12.3. The zero-order chi connectivity index (χ0) is 19.4. The van der Waals surface area contributed by atoms with Crippen LogP contribution >= 0.6 is 0 Å². The second kappa shape index (κ2) is 9.49. The van der Waals surface area contributed by atoms with E-state index >= 15 is 0 Å². The van der Waals surface area contributed by atoms with E-state index in [9.17, 15) is 9.90 Å². The molecule has 0 radical (unpaired) electrons. The molecule has 2 fully saturated rings. The van der Waals surface area contributed by atoms with Gasteiger partial charge in [0.25, 0.3) is 0 Å². The molecule has 0 saturated carbocycles. The number of aliphatic hydroxyl groups is 1. The second-order valence-corrected chi connectivity index (χ2v) is 8.73. The van der Waals surface area contributed by atoms with Crippen LogP contribution in [0.25, 0.3) is 0 Å². The van der Waals surface area contributed by atoms with Crippen LogP contribution in [0.2, 0.25) is 0 Å². The number of β-amino-alcohol motifs (C(OH)–C–C–N with tert-alkyl or cyclic N) is 1. The highest BCUT2D eigenvalue weighted by molar-refractivity contribution is 5.79. The Bertz CT molecular complexity index is 457. The number of hydrogen-bond acceptors (Lipinski definition) is 5. The highest BCUT2D eigenvalue weighted by atomic mass is 16.3. The Labute approximate surface area is 160 Å². The minimum absolute atomic E-state index is 0.256. The standard InChI is InChI=1S/C20H40N4O2/c1-15(2)21-9-12-24(20(26)13-21)18(6)8-7-17(5)22-10-11-23(16(3)4)19(25)14-22/h15-18,20,26H,7-14H2,1-6H3. The largest absolute Gasteiger partial charge is 0.377 e. The molecule has 0 spiro atoms. The molecule has 0 aromatic heterocycles. The zero-order valence-corrected chi connectivity index (χ0v) is 17.7. The molecular weight excluding hydrogens is 328 g/mol. The van der Waals surface area contributed by atoms with E-state index in [4.69, 9.17) is 0 Å². The third-order valence-electron chi connectivity index (χ3n) is 6.26. The highest BCUT2D eigenvalue weighted by Gasteiger charge is 2.31. The van der Waals surface area contributed by atoms with Gasteiger partial charge < -0.3 is 10.0 Å². The van der Waals surface area contributed by atoms with E-state index in [0.29, 0.717) is 30.7 Å². The van der Waals surface area contributed by atoms with Crippen LogP contribution in [-0.4, -0.2) is 100 Å². The summed E-state index contributed by atoms with van der Waals surface area (Å²) < 4.78 is 0. The molecule has 3 atom stereocenters. The zero-order valence-electron chi connectivity index (χ0n) is 17.7. The van der Waals surface area contributed by atoms with Gasteiger partial charge in [-0.25, -0.2) is 0 Å². The first kappa shape index (κ1) is 21.6. The van der Waals surface area contributed by atoms with Crippen LogP contribution in [0.1, 0.15) is 54.4 Å². The number of carbonyl (C=O) groups excluding carboxylic acids is 1. The number of carbonyl (C=O) groups is 1. The molecule has 2 aliphatic heterocycles. The number of hydrogen-bond donors (Lipinski definition) is 1. The third-order valence-corrected chi connectivity index (χ3v) is 6.26. The summed E-state index contributed by atoms with van der Waals surface area (Å²) in [5, 5.41) is 10.5. The van der Waals surface area contributed by atoms with Gasteiger partial charge in [-0.15, -0.1) is 0 Å². The minimum atomic E-state index is -0.368. The summed E-state index contributed by atoms with van der Waals surface area (Å²) in [6.45, 7) is 18.1. The Kier molecular flexibility index (Phi) is 7.89. The molecule has 2 rings (SSSR count). The summed E-state index contributed by atoms with van der Waals surface area (Å²) in [5.41, 5.74) is 0. The summed E-state index contributed by atoms with van der Waals surface area (Å²) in [4.78, 5) is 21.2. The van der Waals surface area contributed by atoms with Crippen LogP contribution in [0.3, 0.4) is 0 Å². The van der Waals surface area contributed by atoms with Crippen LogP contribution in [-0.2, 0) is 4.79 Å². The van der Waals surface area contributed by atoms with Crippen molar-refractivity contribution in [1.82, 2.24) is 19.6 Å². The first-order chi connectivity index (χ1) is 12.2. The van der Waals surface area contributed by atoms with Crippen molar-refractivity contribution in [2.45, 2.75) is 84.8 Å². The quantitative estimate of drug-likeness (QED) is 0.737. The smallest absolute Gasteiger partial charge is 0.237 e. The molecule has 1 amide bonds. The number of amides is 1. The first-order valence-corrected chi connectivity index (χ1v) is 10.4. The molecular formula is C20H40N4O2. The van der Waals surface area contributed by atoms with Gasteiger partial charge in [-0.2, -0.15) is 0 Å². The molecule has 6 nitrogen and oxygen atoms in total. The molecule has 0 aliphatic carbocycles. The average Bonchev–Trinajstić information content (AvgIpc) is 2.58. The molecule has 2 aliphatic rings.